The molecule has 2 aromatic heterocycles. The van der Waals surface area contributed by atoms with E-state index in [9.17, 15) is 9.59 Å². The van der Waals surface area contributed by atoms with Crippen LogP contribution in [0.25, 0.3) is 22.3 Å². The molecule has 1 unspecified atom stereocenters. The summed E-state index contributed by atoms with van der Waals surface area (Å²) in [5.74, 6) is -0.173. The molecule has 4 aromatic rings. The van der Waals surface area contributed by atoms with Gasteiger partial charge in [0.15, 0.2) is 5.65 Å². The van der Waals surface area contributed by atoms with Crippen molar-refractivity contribution in [3.8, 4) is 11.3 Å². The average molecular weight is 440 g/mol. The van der Waals surface area contributed by atoms with Crippen LogP contribution >= 0.6 is 0 Å². The van der Waals surface area contributed by atoms with Gasteiger partial charge in [-0.15, -0.1) is 0 Å². The number of amides is 2. The van der Waals surface area contributed by atoms with Crippen molar-refractivity contribution in [2.75, 3.05) is 11.4 Å². The first-order valence-corrected chi connectivity index (χ1v) is 11.0. The van der Waals surface area contributed by atoms with E-state index in [2.05, 4.69) is 10.4 Å². The minimum Gasteiger partial charge on any atom is -0.345 e. The van der Waals surface area contributed by atoms with E-state index in [1.54, 1.807) is 16.5 Å². The number of carbonyl (C=O) groups is 2. The van der Waals surface area contributed by atoms with Crippen LogP contribution in [0, 0.1) is 6.92 Å². The lowest BCUT2D eigenvalue weighted by atomic mass is 9.95. The highest BCUT2D eigenvalue weighted by Gasteiger charge is 2.29. The van der Waals surface area contributed by atoms with Crippen molar-refractivity contribution in [1.82, 2.24) is 20.1 Å². The van der Waals surface area contributed by atoms with Gasteiger partial charge in [0.05, 0.1) is 28.4 Å². The van der Waals surface area contributed by atoms with Crippen LogP contribution in [0.2, 0.25) is 0 Å². The third kappa shape index (κ3) is 3.65. The summed E-state index contributed by atoms with van der Waals surface area (Å²) in [6.45, 7) is 4.02. The monoisotopic (exact) mass is 439 g/mol. The molecule has 3 heterocycles. The quantitative estimate of drug-likeness (QED) is 0.520. The second kappa shape index (κ2) is 8.16. The maximum absolute atomic E-state index is 13.6. The van der Waals surface area contributed by atoms with Crippen molar-refractivity contribution in [1.29, 1.82) is 0 Å². The van der Waals surface area contributed by atoms with E-state index in [1.165, 1.54) is 0 Å². The highest BCUT2D eigenvalue weighted by atomic mass is 16.2. The number of nitrogens with zero attached hydrogens (tertiary/aromatic N) is 4. The highest BCUT2D eigenvalue weighted by Crippen LogP contribution is 2.34. The van der Waals surface area contributed by atoms with E-state index in [-0.39, 0.29) is 17.9 Å². The fourth-order valence-electron chi connectivity index (χ4n) is 4.66. The Balaban J connectivity index is 1.56. The van der Waals surface area contributed by atoms with E-state index < -0.39 is 0 Å². The van der Waals surface area contributed by atoms with Crippen molar-refractivity contribution in [3.05, 3.63) is 77.5 Å². The van der Waals surface area contributed by atoms with Gasteiger partial charge in [-0.05, 0) is 31.0 Å². The third-order valence-corrected chi connectivity index (χ3v) is 6.21. The highest BCUT2D eigenvalue weighted by molar-refractivity contribution is 6.07. The summed E-state index contributed by atoms with van der Waals surface area (Å²) in [5.41, 5.74) is 5.45. The van der Waals surface area contributed by atoms with E-state index >= 15 is 0 Å². The van der Waals surface area contributed by atoms with Crippen molar-refractivity contribution in [3.63, 3.8) is 0 Å². The van der Waals surface area contributed by atoms with E-state index in [0.717, 1.165) is 33.6 Å². The van der Waals surface area contributed by atoms with Gasteiger partial charge in [-0.2, -0.15) is 5.10 Å². The number of hydrogen-bond donors (Lipinski definition) is 1. The molecule has 0 aliphatic carbocycles. The largest absolute Gasteiger partial charge is 0.345 e. The Morgan fingerprint density at radius 1 is 1.06 bits per heavy atom. The normalized spacial score (nSPS) is 15.4. The van der Waals surface area contributed by atoms with Crippen LogP contribution < -0.4 is 10.2 Å². The number of para-hydroxylation sites is 1. The van der Waals surface area contributed by atoms with Gasteiger partial charge in [0.2, 0.25) is 5.91 Å². The molecule has 0 bridgehead atoms. The van der Waals surface area contributed by atoms with Crippen molar-refractivity contribution >= 4 is 28.5 Å². The maximum Gasteiger partial charge on any atom is 0.252 e. The van der Waals surface area contributed by atoms with Crippen LogP contribution in [0.5, 0.6) is 0 Å². The fourth-order valence-corrected chi connectivity index (χ4v) is 4.66. The van der Waals surface area contributed by atoms with Gasteiger partial charge < -0.3 is 10.2 Å². The lowest BCUT2D eigenvalue weighted by molar-refractivity contribution is -0.116. The molecule has 2 aromatic carbocycles. The van der Waals surface area contributed by atoms with Gasteiger partial charge in [-0.25, -0.2) is 4.98 Å². The summed E-state index contributed by atoms with van der Waals surface area (Å²) < 4.78 is 1.72. The molecule has 166 valence electrons. The molecule has 1 aliphatic heterocycles. The summed E-state index contributed by atoms with van der Waals surface area (Å²) in [7, 11) is 1.84. The molecule has 5 rings (SSSR count). The second-order valence-corrected chi connectivity index (χ2v) is 8.37. The Bertz CT molecular complexity index is 1380. The Hall–Kier alpha value is -4.00. The number of nitrogens with one attached hydrogen (secondary N) is 1. The molecule has 0 spiro atoms. The molecule has 1 N–H and O–H groups in total. The molecule has 2 amide bonds. The van der Waals surface area contributed by atoms with Gasteiger partial charge in [0.25, 0.3) is 5.91 Å². The van der Waals surface area contributed by atoms with E-state index in [4.69, 9.17) is 4.98 Å². The fraction of sp³-hybridized carbons (Fsp3) is 0.231. The van der Waals surface area contributed by atoms with Crippen LogP contribution in [0.15, 0.2) is 60.7 Å². The first kappa shape index (κ1) is 20.9. The summed E-state index contributed by atoms with van der Waals surface area (Å²) in [5, 5.41) is 8.48. The number of aromatic nitrogens is 3. The smallest absolute Gasteiger partial charge is 0.252 e. The first-order chi connectivity index (χ1) is 15.9. The number of anilines is 1. The second-order valence-electron chi connectivity index (χ2n) is 8.37. The number of aryl methyl sites for hydroxylation is 2. The lowest BCUT2D eigenvalue weighted by Gasteiger charge is -2.34. The zero-order valence-electron chi connectivity index (χ0n) is 18.9. The zero-order chi connectivity index (χ0) is 23.1. The van der Waals surface area contributed by atoms with Crippen molar-refractivity contribution in [2.24, 2.45) is 7.05 Å². The Labute approximate surface area is 192 Å². The zero-order valence-corrected chi connectivity index (χ0v) is 18.9. The third-order valence-electron chi connectivity index (χ3n) is 6.21. The van der Waals surface area contributed by atoms with Gasteiger partial charge in [-0.3, -0.25) is 14.3 Å². The van der Waals surface area contributed by atoms with Crippen LogP contribution in [0.3, 0.4) is 0 Å². The number of hydrogen-bond acceptors (Lipinski definition) is 4. The summed E-state index contributed by atoms with van der Waals surface area (Å²) in [6, 6.07) is 19.2. The van der Waals surface area contributed by atoms with Crippen LogP contribution in [-0.2, 0) is 11.8 Å². The molecule has 0 saturated carbocycles. The van der Waals surface area contributed by atoms with Crippen molar-refractivity contribution < 1.29 is 9.59 Å². The van der Waals surface area contributed by atoms with Gasteiger partial charge in [0.1, 0.15) is 0 Å². The van der Waals surface area contributed by atoms with Gasteiger partial charge >= 0.3 is 0 Å². The lowest BCUT2D eigenvalue weighted by Crippen LogP contribution is -2.40. The maximum atomic E-state index is 13.6. The van der Waals surface area contributed by atoms with Gasteiger partial charge in [0, 0.05) is 31.8 Å². The summed E-state index contributed by atoms with van der Waals surface area (Å²) in [4.78, 5) is 32.3. The summed E-state index contributed by atoms with van der Waals surface area (Å²) >= 11 is 0. The number of rotatable bonds is 3. The predicted octanol–water partition coefficient (Wildman–Crippen LogP) is 4.17. The van der Waals surface area contributed by atoms with Crippen molar-refractivity contribution in [2.45, 2.75) is 26.3 Å². The molecule has 0 fully saturated rings. The minimum absolute atomic E-state index is 0.00144. The minimum atomic E-state index is -0.190. The van der Waals surface area contributed by atoms with Crippen LogP contribution in [0.1, 0.15) is 41.0 Å². The van der Waals surface area contributed by atoms with Crippen LogP contribution in [-0.4, -0.2) is 33.1 Å². The van der Waals surface area contributed by atoms with Gasteiger partial charge in [-0.1, -0.05) is 48.5 Å². The number of fused-ring (bicyclic) bond motifs is 2. The standard InChI is InChI=1S/C26H25N5O2/c1-16-24-20(15-22(18-9-5-4-6-10-18)27-25(24)30(3)29-16)26(33)28-21-13-14-31(17(2)32)23-12-8-7-11-19(21)23/h4-12,15,21H,13-14H2,1-3H3,(H,28,33). The predicted molar refractivity (Wildman–Crippen MR) is 128 cm³/mol. The molecule has 7 heteroatoms. The van der Waals surface area contributed by atoms with E-state index in [0.29, 0.717) is 24.2 Å². The average Bonchev–Trinajstić information content (AvgIpc) is 3.12. The summed E-state index contributed by atoms with van der Waals surface area (Å²) in [6.07, 6.45) is 0.647. The number of pyridine rings is 1. The Morgan fingerprint density at radius 3 is 2.55 bits per heavy atom. The first-order valence-electron chi connectivity index (χ1n) is 11.0. The SMILES string of the molecule is CC(=O)N1CCC(NC(=O)c2cc(-c3ccccc3)nc3c2c(C)nn3C)c2ccccc21. The Kier molecular flexibility index (Phi) is 5.17. The van der Waals surface area contributed by atoms with Crippen LogP contribution in [0.4, 0.5) is 5.69 Å². The molecule has 33 heavy (non-hydrogen) atoms. The topological polar surface area (TPSA) is 80.1 Å². The molecule has 0 saturated heterocycles. The molecular weight excluding hydrogens is 414 g/mol. The number of carbonyl (C=O) groups excluding carboxylic acids is 2. The molecular formula is C26H25N5O2. The molecule has 1 aliphatic rings. The Morgan fingerprint density at radius 2 is 1.79 bits per heavy atom. The molecule has 0 radical (unpaired) electrons. The van der Waals surface area contributed by atoms with E-state index in [1.807, 2.05) is 74.6 Å². The number of benzene rings is 2. The molecule has 7 nitrogen and oxygen atoms in total. The molecule has 1 atom stereocenters.